The van der Waals surface area contributed by atoms with Gasteiger partial charge in [0.15, 0.2) is 0 Å². The average molecular weight is 348 g/mol. The number of nitrogens with one attached hydrogen (secondary N) is 3. The van der Waals surface area contributed by atoms with Crippen molar-refractivity contribution < 1.29 is 4.79 Å². The van der Waals surface area contributed by atoms with Gasteiger partial charge in [-0.3, -0.25) is 0 Å². The van der Waals surface area contributed by atoms with E-state index in [1.807, 2.05) is 24.3 Å². The normalized spacial score (nSPS) is 10.0. The molecule has 5 heteroatoms. The molecule has 4 nitrogen and oxygen atoms in total. The van der Waals surface area contributed by atoms with Crippen LogP contribution in [0.3, 0.4) is 0 Å². The maximum Gasteiger partial charge on any atom is 0.318 e. The fourth-order valence-corrected chi connectivity index (χ4v) is 2.13. The van der Waals surface area contributed by atoms with Crippen molar-refractivity contribution in [1.82, 2.24) is 5.32 Å². The zero-order valence-corrected chi connectivity index (χ0v) is 13.6. The Kier molecular flexibility index (Phi) is 5.22. The summed E-state index contributed by atoms with van der Waals surface area (Å²) in [5, 5.41) is 8.60. The fraction of sp³-hybridized carbons (Fsp3) is 0.188. The van der Waals surface area contributed by atoms with Crippen LogP contribution >= 0.6 is 15.9 Å². The van der Waals surface area contributed by atoms with Gasteiger partial charge in [0.05, 0.1) is 0 Å². The third-order valence-corrected chi connectivity index (χ3v) is 3.98. The molecule has 0 aliphatic heterocycles. The molecule has 0 aliphatic rings. The van der Waals surface area contributed by atoms with Gasteiger partial charge in [-0.2, -0.15) is 0 Å². The molecule has 0 aromatic heterocycles. The van der Waals surface area contributed by atoms with E-state index in [2.05, 4.69) is 57.0 Å². The summed E-state index contributed by atoms with van der Waals surface area (Å²) in [7, 11) is 1.59. The molecule has 3 N–H and O–H groups in total. The number of benzene rings is 2. The van der Waals surface area contributed by atoms with Crippen LogP contribution in [0.15, 0.2) is 46.9 Å². The highest BCUT2D eigenvalue weighted by Gasteiger charge is 2.00. The lowest BCUT2D eigenvalue weighted by Crippen LogP contribution is -2.24. The van der Waals surface area contributed by atoms with Crippen molar-refractivity contribution in [2.24, 2.45) is 0 Å². The first-order valence-corrected chi connectivity index (χ1v) is 7.45. The first-order chi connectivity index (χ1) is 10.1. The number of rotatable bonds is 4. The molecule has 0 spiro atoms. The number of amides is 2. The van der Waals surface area contributed by atoms with Gasteiger partial charge in [-0.05, 0) is 48.4 Å². The molecule has 110 valence electrons. The van der Waals surface area contributed by atoms with Crippen LogP contribution in [0.2, 0.25) is 0 Å². The molecule has 2 rings (SSSR count). The van der Waals surface area contributed by atoms with Gasteiger partial charge in [0.2, 0.25) is 0 Å². The Balaban J connectivity index is 1.94. The van der Waals surface area contributed by atoms with E-state index < -0.39 is 0 Å². The Morgan fingerprint density at radius 1 is 1.10 bits per heavy atom. The lowest BCUT2D eigenvalue weighted by atomic mass is 10.1. The molecule has 0 radical (unpaired) electrons. The van der Waals surface area contributed by atoms with E-state index in [0.29, 0.717) is 0 Å². The molecule has 21 heavy (non-hydrogen) atoms. The van der Waals surface area contributed by atoms with E-state index in [9.17, 15) is 4.79 Å². The third kappa shape index (κ3) is 4.49. The Morgan fingerprint density at radius 3 is 2.38 bits per heavy atom. The summed E-state index contributed by atoms with van der Waals surface area (Å²) in [4.78, 5) is 11.2. The monoisotopic (exact) mass is 347 g/mol. The molecule has 0 unspecified atom stereocenters. The summed E-state index contributed by atoms with van der Waals surface area (Å²) in [5.41, 5.74) is 4.22. The van der Waals surface area contributed by atoms with Crippen LogP contribution in [0.5, 0.6) is 0 Å². The van der Waals surface area contributed by atoms with Crippen molar-refractivity contribution in [1.29, 1.82) is 0 Å². The highest BCUT2D eigenvalue weighted by atomic mass is 79.9. The first kappa shape index (κ1) is 15.4. The Labute approximate surface area is 133 Å². The molecule has 0 bridgehead atoms. The molecule has 2 aromatic rings. The summed E-state index contributed by atoms with van der Waals surface area (Å²) < 4.78 is 1.12. The molecule has 0 fully saturated rings. The highest BCUT2D eigenvalue weighted by molar-refractivity contribution is 9.10. The molecule has 2 amide bonds. The van der Waals surface area contributed by atoms with E-state index in [1.165, 1.54) is 11.1 Å². The lowest BCUT2D eigenvalue weighted by Gasteiger charge is -2.09. The second kappa shape index (κ2) is 7.13. The number of anilines is 2. The van der Waals surface area contributed by atoms with Gasteiger partial charge in [-0.25, -0.2) is 4.79 Å². The maximum absolute atomic E-state index is 11.2. The van der Waals surface area contributed by atoms with Crippen molar-refractivity contribution >= 4 is 33.3 Å². The maximum atomic E-state index is 11.2. The van der Waals surface area contributed by atoms with Crippen LogP contribution in [0.4, 0.5) is 16.2 Å². The largest absolute Gasteiger partial charge is 0.381 e. The smallest absolute Gasteiger partial charge is 0.318 e. The minimum atomic E-state index is -0.221. The quantitative estimate of drug-likeness (QED) is 0.779. The van der Waals surface area contributed by atoms with Gasteiger partial charge in [0, 0.05) is 29.4 Å². The molecule has 0 saturated carbocycles. The number of hydrogen-bond donors (Lipinski definition) is 3. The van der Waals surface area contributed by atoms with E-state index in [-0.39, 0.29) is 6.03 Å². The van der Waals surface area contributed by atoms with Gasteiger partial charge >= 0.3 is 6.03 Å². The summed E-state index contributed by atoms with van der Waals surface area (Å²) in [6.07, 6.45) is 0. The predicted octanol–water partition coefficient (Wildman–Crippen LogP) is 4.12. The standard InChI is InChI=1S/C16H18BrN3O/c1-11-9-12(3-8-15(11)17)10-19-13-4-6-14(7-5-13)20-16(21)18-2/h3-9,19H,10H2,1-2H3,(H2,18,20,21). The Hall–Kier alpha value is -2.01. The average Bonchev–Trinajstić information content (AvgIpc) is 2.50. The first-order valence-electron chi connectivity index (χ1n) is 6.66. The third-order valence-electron chi connectivity index (χ3n) is 3.09. The molecular weight excluding hydrogens is 330 g/mol. The van der Waals surface area contributed by atoms with Crippen LogP contribution < -0.4 is 16.0 Å². The Bertz CT molecular complexity index is 626. The van der Waals surface area contributed by atoms with Crippen molar-refractivity contribution in [3.05, 3.63) is 58.1 Å². The van der Waals surface area contributed by atoms with Crippen molar-refractivity contribution in [2.45, 2.75) is 13.5 Å². The predicted molar refractivity (Wildman–Crippen MR) is 90.7 cm³/mol. The zero-order valence-electron chi connectivity index (χ0n) is 12.0. The lowest BCUT2D eigenvalue weighted by molar-refractivity contribution is 0.254. The minimum Gasteiger partial charge on any atom is -0.381 e. The number of hydrogen-bond acceptors (Lipinski definition) is 2. The number of urea groups is 1. The van der Waals surface area contributed by atoms with Gasteiger partial charge in [-0.1, -0.05) is 28.1 Å². The van der Waals surface area contributed by atoms with E-state index >= 15 is 0 Å². The molecule has 0 aliphatic carbocycles. The number of aryl methyl sites for hydroxylation is 1. The molecule has 0 saturated heterocycles. The van der Waals surface area contributed by atoms with Crippen LogP contribution in [0.25, 0.3) is 0 Å². The molecule has 0 heterocycles. The number of halogens is 1. The molecule has 2 aromatic carbocycles. The summed E-state index contributed by atoms with van der Waals surface area (Å²) >= 11 is 3.50. The minimum absolute atomic E-state index is 0.221. The SMILES string of the molecule is CNC(=O)Nc1ccc(NCc2ccc(Br)c(C)c2)cc1. The fourth-order valence-electron chi connectivity index (χ4n) is 1.89. The van der Waals surface area contributed by atoms with E-state index in [0.717, 1.165) is 22.4 Å². The summed E-state index contributed by atoms with van der Waals surface area (Å²) in [5.74, 6) is 0. The van der Waals surface area contributed by atoms with Crippen LogP contribution in [0.1, 0.15) is 11.1 Å². The summed E-state index contributed by atoms with van der Waals surface area (Å²) in [6, 6.07) is 13.7. The number of carbonyl (C=O) groups excluding carboxylic acids is 1. The van der Waals surface area contributed by atoms with Gasteiger partial charge < -0.3 is 16.0 Å². The zero-order chi connectivity index (χ0) is 15.2. The van der Waals surface area contributed by atoms with Crippen molar-refractivity contribution in [2.75, 3.05) is 17.7 Å². The van der Waals surface area contributed by atoms with E-state index in [4.69, 9.17) is 0 Å². The number of carbonyl (C=O) groups is 1. The Morgan fingerprint density at radius 2 is 1.76 bits per heavy atom. The molecule has 0 atom stereocenters. The van der Waals surface area contributed by atoms with Gasteiger partial charge in [0.1, 0.15) is 0 Å². The van der Waals surface area contributed by atoms with Gasteiger partial charge in [0.25, 0.3) is 0 Å². The van der Waals surface area contributed by atoms with Crippen molar-refractivity contribution in [3.8, 4) is 0 Å². The summed E-state index contributed by atoms with van der Waals surface area (Å²) in [6.45, 7) is 2.84. The highest BCUT2D eigenvalue weighted by Crippen LogP contribution is 2.19. The van der Waals surface area contributed by atoms with Crippen molar-refractivity contribution in [3.63, 3.8) is 0 Å². The molecular formula is C16H18BrN3O. The second-order valence-electron chi connectivity index (χ2n) is 4.72. The topological polar surface area (TPSA) is 53.2 Å². The van der Waals surface area contributed by atoms with Crippen LogP contribution in [-0.4, -0.2) is 13.1 Å². The van der Waals surface area contributed by atoms with Crippen LogP contribution in [0, 0.1) is 6.92 Å². The van der Waals surface area contributed by atoms with E-state index in [1.54, 1.807) is 7.05 Å². The second-order valence-corrected chi connectivity index (χ2v) is 5.57. The van der Waals surface area contributed by atoms with Crippen LogP contribution in [-0.2, 0) is 6.54 Å². The van der Waals surface area contributed by atoms with Gasteiger partial charge in [-0.15, -0.1) is 0 Å².